The first-order valence-corrected chi connectivity index (χ1v) is 5.61. The molecule has 0 radical (unpaired) electrons. The molecule has 0 aliphatic rings. The van der Waals surface area contributed by atoms with Crippen molar-refractivity contribution in [2.45, 2.75) is 46.0 Å². The summed E-state index contributed by atoms with van der Waals surface area (Å²) >= 11 is 0. The molecule has 0 spiro atoms. The Morgan fingerprint density at radius 3 is 2.67 bits per heavy atom. The van der Waals surface area contributed by atoms with Crippen LogP contribution in [-0.2, 0) is 6.42 Å². The highest BCUT2D eigenvalue weighted by Gasteiger charge is 2.03. The van der Waals surface area contributed by atoms with Gasteiger partial charge < -0.3 is 0 Å². The Bertz CT molecular complexity index is 358. The molecule has 0 aliphatic heterocycles. The summed E-state index contributed by atoms with van der Waals surface area (Å²) in [5, 5.41) is 8.51. The minimum atomic E-state index is 0.584. The summed E-state index contributed by atoms with van der Waals surface area (Å²) in [7, 11) is 0. The highest BCUT2D eigenvalue weighted by atomic mass is 14.2. The summed E-state index contributed by atoms with van der Waals surface area (Å²) < 4.78 is 0. The number of hydrogen-bond acceptors (Lipinski definition) is 1. The summed E-state index contributed by atoms with van der Waals surface area (Å²) in [4.78, 5) is 0. The number of benzene rings is 1. The van der Waals surface area contributed by atoms with Gasteiger partial charge in [-0.2, -0.15) is 5.26 Å². The van der Waals surface area contributed by atoms with Gasteiger partial charge >= 0.3 is 0 Å². The number of aryl methyl sites for hydroxylation is 2. The van der Waals surface area contributed by atoms with Gasteiger partial charge in [0.05, 0.1) is 6.07 Å². The third-order valence-electron chi connectivity index (χ3n) is 2.77. The van der Waals surface area contributed by atoms with Crippen molar-refractivity contribution in [3.05, 3.63) is 34.9 Å². The average molecular weight is 201 g/mol. The van der Waals surface area contributed by atoms with Gasteiger partial charge in [0.2, 0.25) is 0 Å². The maximum atomic E-state index is 8.51. The quantitative estimate of drug-likeness (QED) is 0.676. The molecule has 1 aromatic carbocycles. The van der Waals surface area contributed by atoms with E-state index in [1.165, 1.54) is 16.7 Å². The molecule has 0 aromatic heterocycles. The monoisotopic (exact) mass is 201 g/mol. The fourth-order valence-corrected chi connectivity index (χ4v) is 1.68. The average Bonchev–Trinajstić information content (AvgIpc) is 2.20. The van der Waals surface area contributed by atoms with Crippen LogP contribution in [0, 0.1) is 18.3 Å². The number of nitrogens with zero attached hydrogens (tertiary/aromatic N) is 1. The van der Waals surface area contributed by atoms with Gasteiger partial charge in [-0.15, -0.1) is 0 Å². The second kappa shape index (κ2) is 5.56. The number of unbranched alkanes of at least 4 members (excludes halogenated alkanes) is 1. The lowest BCUT2D eigenvalue weighted by Gasteiger charge is -2.10. The Balaban J connectivity index is 2.77. The first-order chi connectivity index (χ1) is 7.15. The third-order valence-corrected chi connectivity index (χ3v) is 2.77. The van der Waals surface area contributed by atoms with Crippen molar-refractivity contribution in [2.75, 3.05) is 0 Å². The van der Waals surface area contributed by atoms with Crippen molar-refractivity contribution >= 4 is 0 Å². The fraction of sp³-hybridized carbons (Fsp3) is 0.500. The van der Waals surface area contributed by atoms with Gasteiger partial charge in [-0.1, -0.05) is 32.0 Å². The van der Waals surface area contributed by atoms with Gasteiger partial charge in [-0.3, -0.25) is 0 Å². The fourth-order valence-electron chi connectivity index (χ4n) is 1.68. The Kier molecular flexibility index (Phi) is 4.37. The molecule has 1 aromatic rings. The lowest BCUT2D eigenvalue weighted by molar-refractivity contribution is 0.827. The molecule has 0 bridgehead atoms. The highest BCUT2D eigenvalue weighted by molar-refractivity contribution is 5.32. The minimum absolute atomic E-state index is 0.584. The molecular formula is C14H19N. The van der Waals surface area contributed by atoms with Crippen molar-refractivity contribution < 1.29 is 0 Å². The largest absolute Gasteiger partial charge is 0.198 e. The molecule has 0 heterocycles. The van der Waals surface area contributed by atoms with Gasteiger partial charge in [-0.25, -0.2) is 0 Å². The van der Waals surface area contributed by atoms with Crippen LogP contribution >= 0.6 is 0 Å². The van der Waals surface area contributed by atoms with Gasteiger partial charge in [-0.05, 0) is 42.4 Å². The van der Waals surface area contributed by atoms with Gasteiger partial charge in [0.1, 0.15) is 0 Å². The number of rotatable bonds is 4. The van der Waals surface area contributed by atoms with Crippen LogP contribution in [0.2, 0.25) is 0 Å². The van der Waals surface area contributed by atoms with E-state index in [1.54, 1.807) is 0 Å². The zero-order valence-electron chi connectivity index (χ0n) is 9.88. The molecular weight excluding hydrogens is 182 g/mol. The lowest BCUT2D eigenvalue weighted by Crippen LogP contribution is -1.94. The summed E-state index contributed by atoms with van der Waals surface area (Å²) in [6.07, 6.45) is 2.66. The predicted molar refractivity (Wildman–Crippen MR) is 63.8 cm³/mol. The zero-order valence-corrected chi connectivity index (χ0v) is 9.88. The van der Waals surface area contributed by atoms with E-state index in [2.05, 4.69) is 45.0 Å². The van der Waals surface area contributed by atoms with Gasteiger partial charge in [0, 0.05) is 6.42 Å². The molecule has 1 nitrogen and oxygen atoms in total. The normalized spacial score (nSPS) is 10.3. The molecule has 0 atom stereocenters. The minimum Gasteiger partial charge on any atom is -0.198 e. The van der Waals surface area contributed by atoms with Crippen molar-refractivity contribution in [2.24, 2.45) is 0 Å². The first-order valence-electron chi connectivity index (χ1n) is 5.61. The van der Waals surface area contributed by atoms with Crippen LogP contribution in [0.1, 0.15) is 49.3 Å². The van der Waals surface area contributed by atoms with E-state index >= 15 is 0 Å². The zero-order chi connectivity index (χ0) is 11.3. The van der Waals surface area contributed by atoms with Crippen LogP contribution in [0.3, 0.4) is 0 Å². The molecule has 0 amide bonds. The molecule has 0 saturated carbocycles. The number of nitriles is 1. The topological polar surface area (TPSA) is 23.8 Å². The second-order valence-corrected chi connectivity index (χ2v) is 4.35. The molecule has 80 valence electrons. The molecule has 0 fully saturated rings. The predicted octanol–water partition coefficient (Wildman–Crippen LogP) is 3.96. The van der Waals surface area contributed by atoms with Gasteiger partial charge in [0.25, 0.3) is 0 Å². The van der Waals surface area contributed by atoms with E-state index < -0.39 is 0 Å². The molecule has 0 aliphatic carbocycles. The third kappa shape index (κ3) is 3.40. The molecule has 1 heteroatoms. The lowest BCUT2D eigenvalue weighted by atomic mass is 9.95. The summed E-state index contributed by atoms with van der Waals surface area (Å²) in [5.41, 5.74) is 4.14. The smallest absolute Gasteiger partial charge is 0.0621 e. The first kappa shape index (κ1) is 11.8. The molecule has 0 saturated heterocycles. The van der Waals surface area contributed by atoms with E-state index in [1.807, 2.05) is 0 Å². The standard InChI is InChI=1S/C14H19N/c1-11(2)13-8-7-12(3)14(10-13)6-4-5-9-15/h7-8,10-11H,4-6H2,1-3H3. The van der Waals surface area contributed by atoms with E-state index in [9.17, 15) is 0 Å². The van der Waals surface area contributed by atoms with Crippen LogP contribution in [-0.4, -0.2) is 0 Å². The summed E-state index contributed by atoms with van der Waals surface area (Å²) in [6.45, 7) is 6.57. The SMILES string of the molecule is Cc1ccc(C(C)C)cc1CCCC#N. The van der Waals surface area contributed by atoms with E-state index in [4.69, 9.17) is 5.26 Å². The molecule has 15 heavy (non-hydrogen) atoms. The highest BCUT2D eigenvalue weighted by Crippen LogP contribution is 2.19. The number of hydrogen-bond donors (Lipinski definition) is 0. The van der Waals surface area contributed by atoms with Crippen LogP contribution in [0.5, 0.6) is 0 Å². The van der Waals surface area contributed by atoms with Crippen molar-refractivity contribution in [3.63, 3.8) is 0 Å². The van der Waals surface area contributed by atoms with Crippen molar-refractivity contribution in [1.82, 2.24) is 0 Å². The van der Waals surface area contributed by atoms with Crippen molar-refractivity contribution in [3.8, 4) is 6.07 Å². The Morgan fingerprint density at radius 2 is 2.07 bits per heavy atom. The Hall–Kier alpha value is -1.29. The van der Waals surface area contributed by atoms with Crippen LogP contribution in [0.25, 0.3) is 0 Å². The Labute approximate surface area is 92.7 Å². The van der Waals surface area contributed by atoms with Gasteiger partial charge in [0.15, 0.2) is 0 Å². The molecule has 1 rings (SSSR count). The molecule has 0 unspecified atom stereocenters. The maximum absolute atomic E-state index is 8.51. The maximum Gasteiger partial charge on any atom is 0.0621 e. The van der Waals surface area contributed by atoms with E-state index in [0.717, 1.165) is 12.8 Å². The Morgan fingerprint density at radius 1 is 1.33 bits per heavy atom. The van der Waals surface area contributed by atoms with Crippen LogP contribution in [0.4, 0.5) is 0 Å². The van der Waals surface area contributed by atoms with E-state index in [-0.39, 0.29) is 0 Å². The summed E-state index contributed by atoms with van der Waals surface area (Å²) in [6, 6.07) is 8.88. The summed E-state index contributed by atoms with van der Waals surface area (Å²) in [5.74, 6) is 0.584. The second-order valence-electron chi connectivity index (χ2n) is 4.35. The van der Waals surface area contributed by atoms with Crippen LogP contribution in [0.15, 0.2) is 18.2 Å². The van der Waals surface area contributed by atoms with E-state index in [0.29, 0.717) is 12.3 Å². The van der Waals surface area contributed by atoms with Crippen LogP contribution < -0.4 is 0 Å². The van der Waals surface area contributed by atoms with Crippen molar-refractivity contribution in [1.29, 1.82) is 5.26 Å². The molecule has 0 N–H and O–H groups in total.